The molecule has 3 aromatic rings. The summed E-state index contributed by atoms with van der Waals surface area (Å²) in [5.74, 6) is 0.700. The summed E-state index contributed by atoms with van der Waals surface area (Å²) in [5, 5.41) is 3.61. The van der Waals surface area contributed by atoms with E-state index in [9.17, 15) is 9.59 Å². The van der Waals surface area contributed by atoms with E-state index in [1.54, 1.807) is 16.8 Å². The van der Waals surface area contributed by atoms with Crippen LogP contribution in [0.3, 0.4) is 0 Å². The van der Waals surface area contributed by atoms with Crippen molar-refractivity contribution in [3.05, 3.63) is 76.6 Å². The molecule has 1 N–H and O–H groups in total. The Hall–Kier alpha value is -3.08. The minimum absolute atomic E-state index is 0.0413. The molecule has 5 heteroatoms. The molecule has 0 aliphatic carbocycles. The van der Waals surface area contributed by atoms with E-state index >= 15 is 0 Å². The number of aromatic nitrogens is 1. The largest absolute Gasteiger partial charge is 0.491 e. The summed E-state index contributed by atoms with van der Waals surface area (Å²) in [6.45, 7) is 0.593. The second-order valence-electron chi connectivity index (χ2n) is 5.79. The van der Waals surface area contributed by atoms with E-state index in [1.807, 2.05) is 42.5 Å². The van der Waals surface area contributed by atoms with Gasteiger partial charge < -0.3 is 14.6 Å². The highest BCUT2D eigenvalue weighted by atomic mass is 16.5. The Morgan fingerprint density at radius 1 is 1.12 bits per heavy atom. The molecule has 4 rings (SSSR count). The third kappa shape index (κ3) is 2.54. The average molecular weight is 320 g/mol. The van der Waals surface area contributed by atoms with Crippen LogP contribution in [0.1, 0.15) is 11.6 Å². The van der Waals surface area contributed by atoms with E-state index in [0.717, 1.165) is 16.8 Å². The van der Waals surface area contributed by atoms with Gasteiger partial charge in [0.25, 0.3) is 0 Å². The maximum Gasteiger partial charge on any atom is 0.240 e. The standard InChI is InChI=1S/C19H16N2O3/c22-17-9-10-21(16-7-3-1-6-14(16)17)11-19(23)20-15-12-24-18-8-4-2-5-13(15)18/h1-10,15H,11-12H2,(H,20,23). The SMILES string of the molecule is O=C(Cn1ccc(=O)c2ccccc21)NC1COc2ccccc21. The summed E-state index contributed by atoms with van der Waals surface area (Å²) in [5.41, 5.74) is 1.71. The Morgan fingerprint density at radius 3 is 2.83 bits per heavy atom. The number of para-hydroxylation sites is 2. The number of fused-ring (bicyclic) bond motifs is 2. The fraction of sp³-hybridized carbons (Fsp3) is 0.158. The van der Waals surface area contributed by atoms with Gasteiger partial charge in [0.05, 0.1) is 11.6 Å². The number of benzene rings is 2. The Balaban J connectivity index is 1.56. The molecule has 1 unspecified atom stereocenters. The molecular weight excluding hydrogens is 304 g/mol. The van der Waals surface area contributed by atoms with Gasteiger partial charge in [-0.05, 0) is 18.2 Å². The van der Waals surface area contributed by atoms with Crippen LogP contribution < -0.4 is 15.5 Å². The van der Waals surface area contributed by atoms with E-state index in [1.165, 1.54) is 6.07 Å². The predicted octanol–water partition coefficient (Wildman–Crippen LogP) is 2.25. The molecule has 0 radical (unpaired) electrons. The van der Waals surface area contributed by atoms with E-state index in [4.69, 9.17) is 4.74 Å². The van der Waals surface area contributed by atoms with Gasteiger partial charge in [0.2, 0.25) is 5.91 Å². The molecule has 2 heterocycles. The quantitative estimate of drug-likeness (QED) is 0.805. The molecule has 0 fully saturated rings. The molecule has 0 saturated heterocycles. The van der Waals surface area contributed by atoms with Crippen LogP contribution >= 0.6 is 0 Å². The Morgan fingerprint density at radius 2 is 1.92 bits per heavy atom. The van der Waals surface area contributed by atoms with Crippen molar-refractivity contribution in [1.82, 2.24) is 9.88 Å². The van der Waals surface area contributed by atoms with Gasteiger partial charge in [0.1, 0.15) is 18.9 Å². The number of hydrogen-bond donors (Lipinski definition) is 1. The zero-order chi connectivity index (χ0) is 16.5. The molecule has 2 aromatic carbocycles. The number of nitrogens with zero attached hydrogens (tertiary/aromatic N) is 1. The summed E-state index contributed by atoms with van der Waals surface area (Å²) in [6.07, 6.45) is 1.66. The smallest absolute Gasteiger partial charge is 0.240 e. The fourth-order valence-corrected chi connectivity index (χ4v) is 3.07. The van der Waals surface area contributed by atoms with Crippen LogP contribution in [-0.4, -0.2) is 17.1 Å². The van der Waals surface area contributed by atoms with E-state index in [0.29, 0.717) is 12.0 Å². The molecular formula is C19H16N2O3. The molecule has 120 valence electrons. The van der Waals surface area contributed by atoms with Crippen molar-refractivity contribution in [2.24, 2.45) is 0 Å². The number of carbonyl (C=O) groups is 1. The van der Waals surface area contributed by atoms with Crippen LogP contribution in [0, 0.1) is 0 Å². The Labute approximate surface area is 138 Å². The number of amides is 1. The fourth-order valence-electron chi connectivity index (χ4n) is 3.07. The highest BCUT2D eigenvalue weighted by molar-refractivity contribution is 5.82. The second kappa shape index (κ2) is 5.85. The third-order valence-electron chi connectivity index (χ3n) is 4.23. The van der Waals surface area contributed by atoms with Crippen molar-refractivity contribution in [3.63, 3.8) is 0 Å². The van der Waals surface area contributed by atoms with Crippen LogP contribution in [0.2, 0.25) is 0 Å². The maximum absolute atomic E-state index is 12.4. The lowest BCUT2D eigenvalue weighted by Crippen LogP contribution is -2.32. The first kappa shape index (κ1) is 14.5. The van der Waals surface area contributed by atoms with Crippen LogP contribution in [0.25, 0.3) is 10.9 Å². The number of hydrogen-bond acceptors (Lipinski definition) is 3. The minimum Gasteiger partial charge on any atom is -0.491 e. The van der Waals surface area contributed by atoms with Gasteiger partial charge in [-0.1, -0.05) is 30.3 Å². The summed E-state index contributed by atoms with van der Waals surface area (Å²) >= 11 is 0. The van der Waals surface area contributed by atoms with Crippen molar-refractivity contribution in [1.29, 1.82) is 0 Å². The van der Waals surface area contributed by atoms with Crippen LogP contribution in [-0.2, 0) is 11.3 Å². The van der Waals surface area contributed by atoms with Crippen molar-refractivity contribution in [2.75, 3.05) is 6.61 Å². The lowest BCUT2D eigenvalue weighted by Gasteiger charge is -2.14. The van der Waals surface area contributed by atoms with Crippen molar-refractivity contribution in [3.8, 4) is 5.75 Å². The van der Waals surface area contributed by atoms with Gasteiger partial charge in [-0.15, -0.1) is 0 Å². The number of rotatable bonds is 3. The van der Waals surface area contributed by atoms with Gasteiger partial charge in [0, 0.05) is 23.2 Å². The maximum atomic E-state index is 12.4. The highest BCUT2D eigenvalue weighted by Gasteiger charge is 2.25. The molecule has 24 heavy (non-hydrogen) atoms. The topological polar surface area (TPSA) is 60.3 Å². The van der Waals surface area contributed by atoms with Crippen LogP contribution in [0.5, 0.6) is 5.75 Å². The van der Waals surface area contributed by atoms with Crippen molar-refractivity contribution < 1.29 is 9.53 Å². The summed E-state index contributed by atoms with van der Waals surface area (Å²) < 4.78 is 7.37. The number of nitrogens with one attached hydrogen (secondary N) is 1. The first-order chi connectivity index (χ1) is 11.7. The van der Waals surface area contributed by atoms with E-state index < -0.39 is 0 Å². The lowest BCUT2D eigenvalue weighted by atomic mass is 10.1. The monoisotopic (exact) mass is 320 g/mol. The van der Waals surface area contributed by atoms with E-state index in [-0.39, 0.29) is 23.9 Å². The van der Waals surface area contributed by atoms with Gasteiger partial charge >= 0.3 is 0 Å². The predicted molar refractivity (Wildman–Crippen MR) is 91.0 cm³/mol. The normalized spacial score (nSPS) is 15.8. The first-order valence-corrected chi connectivity index (χ1v) is 7.81. The highest BCUT2D eigenvalue weighted by Crippen LogP contribution is 2.31. The van der Waals surface area contributed by atoms with E-state index in [2.05, 4.69) is 5.32 Å². The van der Waals surface area contributed by atoms with Crippen molar-refractivity contribution in [2.45, 2.75) is 12.6 Å². The molecule has 1 aliphatic rings. The minimum atomic E-state index is -0.139. The van der Waals surface area contributed by atoms with Gasteiger partial charge in [-0.2, -0.15) is 0 Å². The molecule has 1 aliphatic heterocycles. The summed E-state index contributed by atoms with van der Waals surface area (Å²) in [6, 6.07) is 16.3. The Bertz CT molecular complexity index is 978. The summed E-state index contributed by atoms with van der Waals surface area (Å²) in [7, 11) is 0. The van der Waals surface area contributed by atoms with Gasteiger partial charge in [0.15, 0.2) is 5.43 Å². The molecule has 5 nitrogen and oxygen atoms in total. The lowest BCUT2D eigenvalue weighted by molar-refractivity contribution is -0.122. The zero-order valence-electron chi connectivity index (χ0n) is 12.9. The molecule has 0 bridgehead atoms. The number of pyridine rings is 1. The van der Waals surface area contributed by atoms with Crippen LogP contribution in [0.4, 0.5) is 0 Å². The third-order valence-corrected chi connectivity index (χ3v) is 4.23. The molecule has 1 amide bonds. The molecule has 1 aromatic heterocycles. The first-order valence-electron chi connectivity index (χ1n) is 7.81. The number of carbonyl (C=O) groups excluding carboxylic acids is 1. The molecule has 0 spiro atoms. The summed E-state index contributed by atoms with van der Waals surface area (Å²) in [4.78, 5) is 24.3. The second-order valence-corrected chi connectivity index (χ2v) is 5.79. The van der Waals surface area contributed by atoms with Crippen molar-refractivity contribution >= 4 is 16.8 Å². The molecule has 1 atom stereocenters. The molecule has 0 saturated carbocycles. The zero-order valence-corrected chi connectivity index (χ0v) is 12.9. The van der Waals surface area contributed by atoms with Crippen LogP contribution in [0.15, 0.2) is 65.6 Å². The van der Waals surface area contributed by atoms with Gasteiger partial charge in [-0.3, -0.25) is 9.59 Å². The Kier molecular flexibility index (Phi) is 3.54. The number of ether oxygens (including phenoxy) is 1. The van der Waals surface area contributed by atoms with Gasteiger partial charge in [-0.25, -0.2) is 0 Å². The average Bonchev–Trinajstić information content (AvgIpc) is 3.01.